The van der Waals surface area contributed by atoms with Crippen LogP contribution >= 0.6 is 12.4 Å². The molecule has 0 fully saturated rings. The number of nitrogens with zero attached hydrogens (tertiary/aromatic N) is 2. The molecule has 10 heavy (non-hydrogen) atoms. The molecule has 0 aliphatic carbocycles. The molecule has 0 radical (unpaired) electrons. The van der Waals surface area contributed by atoms with Gasteiger partial charge in [0.1, 0.15) is 5.82 Å². The third-order valence-electron chi connectivity index (χ3n) is 0.993. The van der Waals surface area contributed by atoms with E-state index in [1.165, 1.54) is 0 Å². The lowest BCUT2D eigenvalue weighted by Crippen LogP contribution is -2.08. The molecule has 0 aromatic carbocycles. The quantitative estimate of drug-likeness (QED) is 0.663. The van der Waals surface area contributed by atoms with Gasteiger partial charge in [-0.1, -0.05) is 0 Å². The van der Waals surface area contributed by atoms with Crippen molar-refractivity contribution >= 4 is 12.4 Å². The third-order valence-corrected chi connectivity index (χ3v) is 0.993. The zero-order valence-electron chi connectivity index (χ0n) is 5.69. The molecule has 4 heteroatoms. The summed E-state index contributed by atoms with van der Waals surface area (Å²) in [6.45, 7) is 1.86. The van der Waals surface area contributed by atoms with E-state index in [2.05, 4.69) is 9.97 Å². The van der Waals surface area contributed by atoms with Crippen LogP contribution in [-0.2, 0) is 0 Å². The molecular formula is C6H10ClN3. The van der Waals surface area contributed by atoms with E-state index >= 15 is 0 Å². The van der Waals surface area contributed by atoms with Gasteiger partial charge in [-0.05, 0) is 13.0 Å². The second-order valence-electron chi connectivity index (χ2n) is 1.90. The van der Waals surface area contributed by atoms with E-state index in [9.17, 15) is 0 Å². The van der Waals surface area contributed by atoms with Gasteiger partial charge in [-0.3, -0.25) is 0 Å². The first-order valence-corrected chi connectivity index (χ1v) is 2.83. The van der Waals surface area contributed by atoms with Gasteiger partial charge in [-0.2, -0.15) is 0 Å². The Kier molecular flexibility index (Phi) is 3.91. The molecule has 2 N–H and O–H groups in total. The minimum absolute atomic E-state index is 0. The van der Waals surface area contributed by atoms with Gasteiger partial charge in [0, 0.05) is 12.4 Å². The minimum Gasteiger partial charge on any atom is -0.322 e. The smallest absolute Gasteiger partial charge is 0.144 e. The van der Waals surface area contributed by atoms with Crippen molar-refractivity contribution in [2.45, 2.75) is 13.0 Å². The fraction of sp³-hybridized carbons (Fsp3) is 0.333. The summed E-state index contributed by atoms with van der Waals surface area (Å²) in [6.07, 6.45) is 3.37. The highest BCUT2D eigenvalue weighted by molar-refractivity contribution is 5.85. The molecule has 1 atom stereocenters. The van der Waals surface area contributed by atoms with Crippen LogP contribution in [0, 0.1) is 0 Å². The van der Waals surface area contributed by atoms with Gasteiger partial charge in [0.15, 0.2) is 0 Å². The molecule has 3 nitrogen and oxygen atoms in total. The second kappa shape index (κ2) is 4.19. The van der Waals surface area contributed by atoms with Crippen molar-refractivity contribution in [3.63, 3.8) is 0 Å². The van der Waals surface area contributed by atoms with Gasteiger partial charge >= 0.3 is 0 Å². The van der Waals surface area contributed by atoms with E-state index in [-0.39, 0.29) is 18.4 Å². The van der Waals surface area contributed by atoms with Crippen LogP contribution in [0.4, 0.5) is 0 Å². The van der Waals surface area contributed by atoms with Crippen LogP contribution in [0.5, 0.6) is 0 Å². The summed E-state index contributed by atoms with van der Waals surface area (Å²) in [7, 11) is 0. The van der Waals surface area contributed by atoms with Gasteiger partial charge in [-0.25, -0.2) is 9.97 Å². The van der Waals surface area contributed by atoms with Crippen LogP contribution < -0.4 is 5.73 Å². The summed E-state index contributed by atoms with van der Waals surface area (Å²) in [5.41, 5.74) is 5.49. The van der Waals surface area contributed by atoms with Crippen LogP contribution in [0.2, 0.25) is 0 Å². The second-order valence-corrected chi connectivity index (χ2v) is 1.90. The van der Waals surface area contributed by atoms with E-state index in [0.717, 1.165) is 0 Å². The molecule has 1 rings (SSSR count). The Hall–Kier alpha value is -0.670. The lowest BCUT2D eigenvalue weighted by atomic mass is 10.3. The topological polar surface area (TPSA) is 51.8 Å². The molecule has 0 aliphatic rings. The molecule has 1 unspecified atom stereocenters. The molecule has 0 amide bonds. The molecule has 1 heterocycles. The predicted molar refractivity (Wildman–Crippen MR) is 41.9 cm³/mol. The lowest BCUT2D eigenvalue weighted by molar-refractivity contribution is 0.739. The van der Waals surface area contributed by atoms with Gasteiger partial charge in [-0.15, -0.1) is 12.4 Å². The number of aromatic nitrogens is 2. The zero-order valence-corrected chi connectivity index (χ0v) is 6.51. The Morgan fingerprint density at radius 2 is 1.90 bits per heavy atom. The van der Waals surface area contributed by atoms with Gasteiger partial charge < -0.3 is 5.73 Å². The molecule has 1 aromatic rings. The molecular weight excluding hydrogens is 150 g/mol. The van der Waals surface area contributed by atoms with E-state index in [1.54, 1.807) is 18.5 Å². The molecule has 0 aliphatic heterocycles. The Balaban J connectivity index is 0.000000810. The Morgan fingerprint density at radius 3 is 2.20 bits per heavy atom. The Labute approximate surface area is 66.1 Å². The summed E-state index contributed by atoms with van der Waals surface area (Å²) in [5.74, 6) is 0.692. The van der Waals surface area contributed by atoms with E-state index in [1.807, 2.05) is 6.92 Å². The highest BCUT2D eigenvalue weighted by atomic mass is 35.5. The van der Waals surface area contributed by atoms with Crippen molar-refractivity contribution in [3.05, 3.63) is 24.3 Å². The van der Waals surface area contributed by atoms with Crippen molar-refractivity contribution in [3.8, 4) is 0 Å². The zero-order chi connectivity index (χ0) is 6.69. The maximum absolute atomic E-state index is 5.49. The van der Waals surface area contributed by atoms with Gasteiger partial charge in [0.25, 0.3) is 0 Å². The number of nitrogens with two attached hydrogens (primary N) is 1. The van der Waals surface area contributed by atoms with Gasteiger partial charge in [0.05, 0.1) is 6.04 Å². The average Bonchev–Trinajstić information content (AvgIpc) is 1.90. The molecule has 0 saturated heterocycles. The van der Waals surface area contributed by atoms with Crippen molar-refractivity contribution < 1.29 is 0 Å². The normalized spacial score (nSPS) is 11.8. The van der Waals surface area contributed by atoms with Crippen molar-refractivity contribution in [1.82, 2.24) is 9.97 Å². The highest BCUT2D eigenvalue weighted by Crippen LogP contribution is 1.97. The summed E-state index contributed by atoms with van der Waals surface area (Å²) in [5, 5.41) is 0. The van der Waals surface area contributed by atoms with Crippen LogP contribution in [-0.4, -0.2) is 9.97 Å². The number of rotatable bonds is 1. The highest BCUT2D eigenvalue weighted by Gasteiger charge is 1.97. The monoisotopic (exact) mass is 159 g/mol. The summed E-state index contributed by atoms with van der Waals surface area (Å²) in [4.78, 5) is 7.88. The van der Waals surface area contributed by atoms with Gasteiger partial charge in [0.2, 0.25) is 0 Å². The lowest BCUT2D eigenvalue weighted by Gasteiger charge is -1.99. The minimum atomic E-state index is -0.0637. The van der Waals surface area contributed by atoms with Crippen molar-refractivity contribution in [2.24, 2.45) is 5.73 Å². The molecule has 0 spiro atoms. The predicted octanol–water partition coefficient (Wildman–Crippen LogP) is 0.918. The Morgan fingerprint density at radius 1 is 1.40 bits per heavy atom. The number of halogens is 1. The summed E-state index contributed by atoms with van der Waals surface area (Å²) < 4.78 is 0. The van der Waals surface area contributed by atoms with Crippen LogP contribution in [0.25, 0.3) is 0 Å². The van der Waals surface area contributed by atoms with Crippen molar-refractivity contribution in [2.75, 3.05) is 0 Å². The number of hydrogen-bond acceptors (Lipinski definition) is 3. The maximum atomic E-state index is 5.49. The first kappa shape index (κ1) is 9.33. The number of hydrogen-bond donors (Lipinski definition) is 1. The maximum Gasteiger partial charge on any atom is 0.144 e. The fourth-order valence-corrected chi connectivity index (χ4v) is 0.546. The SMILES string of the molecule is CC(N)c1ncccn1.Cl. The van der Waals surface area contributed by atoms with Crippen LogP contribution in [0.15, 0.2) is 18.5 Å². The van der Waals surface area contributed by atoms with Crippen LogP contribution in [0.3, 0.4) is 0 Å². The van der Waals surface area contributed by atoms with E-state index < -0.39 is 0 Å². The first-order chi connectivity index (χ1) is 4.30. The summed E-state index contributed by atoms with van der Waals surface area (Å²) >= 11 is 0. The Bertz CT molecular complexity index is 176. The standard InChI is InChI=1S/C6H9N3.ClH/c1-5(7)6-8-3-2-4-9-6;/h2-5H,7H2,1H3;1H. The first-order valence-electron chi connectivity index (χ1n) is 2.83. The summed E-state index contributed by atoms with van der Waals surface area (Å²) in [6, 6.07) is 1.71. The third kappa shape index (κ3) is 2.29. The molecule has 0 bridgehead atoms. The largest absolute Gasteiger partial charge is 0.322 e. The van der Waals surface area contributed by atoms with Crippen molar-refractivity contribution in [1.29, 1.82) is 0 Å². The fourth-order valence-electron chi connectivity index (χ4n) is 0.546. The molecule has 1 aromatic heterocycles. The average molecular weight is 160 g/mol. The van der Waals surface area contributed by atoms with E-state index in [4.69, 9.17) is 5.73 Å². The molecule has 56 valence electrons. The van der Waals surface area contributed by atoms with E-state index in [0.29, 0.717) is 5.82 Å². The molecule has 0 saturated carbocycles. The van der Waals surface area contributed by atoms with Crippen LogP contribution in [0.1, 0.15) is 18.8 Å².